The zero-order valence-electron chi connectivity index (χ0n) is 13.7. The first-order valence-electron chi connectivity index (χ1n) is 8.03. The zero-order chi connectivity index (χ0) is 17.5. The fraction of sp³-hybridized carbons (Fsp3) is 0.211. The van der Waals surface area contributed by atoms with E-state index < -0.39 is 6.10 Å². The number of furan rings is 2. The molecule has 0 radical (unpaired) electrons. The van der Waals surface area contributed by atoms with Crippen LogP contribution in [0.4, 0.5) is 4.79 Å². The van der Waals surface area contributed by atoms with Gasteiger partial charge in [-0.05, 0) is 29.8 Å². The SMILES string of the molecule is O=C(NCc1ccco1)N(Cc1ccccc1)CC(O)c1ccco1. The second kappa shape index (κ2) is 8.21. The van der Waals surface area contributed by atoms with E-state index in [1.54, 1.807) is 35.4 Å². The van der Waals surface area contributed by atoms with Crippen molar-refractivity contribution in [3.05, 3.63) is 84.2 Å². The molecule has 25 heavy (non-hydrogen) atoms. The van der Waals surface area contributed by atoms with Crippen LogP contribution in [0.1, 0.15) is 23.2 Å². The van der Waals surface area contributed by atoms with Gasteiger partial charge in [-0.3, -0.25) is 0 Å². The molecule has 0 saturated carbocycles. The van der Waals surface area contributed by atoms with Gasteiger partial charge in [0.1, 0.15) is 17.6 Å². The number of aliphatic hydroxyl groups excluding tert-OH is 1. The number of nitrogens with one attached hydrogen (secondary N) is 1. The van der Waals surface area contributed by atoms with Crippen LogP contribution in [0.15, 0.2) is 76.0 Å². The molecule has 6 heteroatoms. The molecule has 2 heterocycles. The Hall–Kier alpha value is -2.99. The first-order valence-corrected chi connectivity index (χ1v) is 8.03. The molecule has 0 saturated heterocycles. The topological polar surface area (TPSA) is 78.9 Å². The Labute approximate surface area is 145 Å². The van der Waals surface area contributed by atoms with Gasteiger partial charge in [-0.1, -0.05) is 30.3 Å². The molecular formula is C19H20N2O4. The highest BCUT2D eigenvalue weighted by Crippen LogP contribution is 2.16. The maximum atomic E-state index is 12.6. The van der Waals surface area contributed by atoms with E-state index in [0.717, 1.165) is 5.56 Å². The van der Waals surface area contributed by atoms with Crippen molar-refractivity contribution in [2.75, 3.05) is 6.54 Å². The highest BCUT2D eigenvalue weighted by atomic mass is 16.4. The average Bonchev–Trinajstić information content (AvgIpc) is 3.33. The first-order chi connectivity index (χ1) is 12.2. The highest BCUT2D eigenvalue weighted by molar-refractivity contribution is 5.74. The molecule has 1 unspecified atom stereocenters. The average molecular weight is 340 g/mol. The molecule has 130 valence electrons. The highest BCUT2D eigenvalue weighted by Gasteiger charge is 2.20. The molecule has 1 atom stereocenters. The molecule has 0 fully saturated rings. The number of carbonyl (C=O) groups excluding carboxylic acids is 1. The Morgan fingerprint density at radius 2 is 1.80 bits per heavy atom. The maximum absolute atomic E-state index is 12.6. The van der Waals surface area contributed by atoms with Gasteiger partial charge in [-0.2, -0.15) is 0 Å². The summed E-state index contributed by atoms with van der Waals surface area (Å²) in [6, 6.07) is 16.3. The Morgan fingerprint density at radius 3 is 2.48 bits per heavy atom. The van der Waals surface area contributed by atoms with E-state index >= 15 is 0 Å². The summed E-state index contributed by atoms with van der Waals surface area (Å²) in [5.41, 5.74) is 0.974. The molecule has 2 N–H and O–H groups in total. The van der Waals surface area contributed by atoms with Crippen LogP contribution in [0.25, 0.3) is 0 Å². The molecule has 0 spiro atoms. The lowest BCUT2D eigenvalue weighted by molar-refractivity contribution is 0.101. The lowest BCUT2D eigenvalue weighted by atomic mass is 10.2. The van der Waals surface area contributed by atoms with Crippen molar-refractivity contribution >= 4 is 6.03 Å². The fourth-order valence-electron chi connectivity index (χ4n) is 2.49. The first kappa shape index (κ1) is 16.9. The van der Waals surface area contributed by atoms with E-state index in [4.69, 9.17) is 8.83 Å². The second-order valence-corrected chi connectivity index (χ2v) is 5.64. The van der Waals surface area contributed by atoms with E-state index in [1.165, 1.54) is 6.26 Å². The van der Waals surface area contributed by atoms with Gasteiger partial charge < -0.3 is 24.2 Å². The van der Waals surface area contributed by atoms with Crippen molar-refractivity contribution in [3.63, 3.8) is 0 Å². The molecule has 0 aliphatic heterocycles. The van der Waals surface area contributed by atoms with Crippen molar-refractivity contribution < 1.29 is 18.7 Å². The van der Waals surface area contributed by atoms with Gasteiger partial charge in [0.15, 0.2) is 0 Å². The molecule has 2 amide bonds. The van der Waals surface area contributed by atoms with Gasteiger partial charge in [0.2, 0.25) is 0 Å². The third-order valence-electron chi connectivity index (χ3n) is 3.76. The minimum Gasteiger partial charge on any atom is -0.467 e. The van der Waals surface area contributed by atoms with Gasteiger partial charge in [0.25, 0.3) is 0 Å². The van der Waals surface area contributed by atoms with Crippen LogP contribution >= 0.6 is 0 Å². The van der Waals surface area contributed by atoms with E-state index in [-0.39, 0.29) is 19.1 Å². The van der Waals surface area contributed by atoms with Crippen LogP contribution < -0.4 is 5.32 Å². The Kier molecular flexibility index (Phi) is 5.53. The van der Waals surface area contributed by atoms with Crippen molar-refractivity contribution in [2.24, 2.45) is 0 Å². The molecule has 0 bridgehead atoms. The summed E-state index contributed by atoms with van der Waals surface area (Å²) in [5.74, 6) is 1.09. The van der Waals surface area contributed by atoms with E-state index in [1.807, 2.05) is 30.3 Å². The Balaban J connectivity index is 1.67. The summed E-state index contributed by atoms with van der Waals surface area (Å²) in [4.78, 5) is 14.1. The van der Waals surface area contributed by atoms with Crippen LogP contribution in [0, 0.1) is 0 Å². The number of rotatable bonds is 7. The molecule has 0 aliphatic carbocycles. The molecule has 6 nitrogen and oxygen atoms in total. The summed E-state index contributed by atoms with van der Waals surface area (Å²) in [5, 5.41) is 13.1. The third kappa shape index (κ3) is 4.74. The van der Waals surface area contributed by atoms with Gasteiger partial charge in [0.05, 0.1) is 25.6 Å². The third-order valence-corrected chi connectivity index (χ3v) is 3.76. The fourth-order valence-corrected chi connectivity index (χ4v) is 2.49. The summed E-state index contributed by atoms with van der Waals surface area (Å²) < 4.78 is 10.4. The lowest BCUT2D eigenvalue weighted by Gasteiger charge is -2.25. The molecule has 3 rings (SSSR count). The van der Waals surface area contributed by atoms with Gasteiger partial charge in [-0.25, -0.2) is 4.79 Å². The van der Waals surface area contributed by atoms with Crippen LogP contribution in [0.5, 0.6) is 0 Å². The predicted octanol–water partition coefficient (Wildman–Crippen LogP) is 3.32. The molecule has 1 aromatic carbocycles. The number of hydrogen-bond acceptors (Lipinski definition) is 4. The van der Waals surface area contributed by atoms with Gasteiger partial charge in [-0.15, -0.1) is 0 Å². The second-order valence-electron chi connectivity index (χ2n) is 5.64. The van der Waals surface area contributed by atoms with Gasteiger partial charge >= 0.3 is 6.03 Å². The molecule has 2 aromatic heterocycles. The largest absolute Gasteiger partial charge is 0.467 e. The van der Waals surface area contributed by atoms with Crippen molar-refractivity contribution in [3.8, 4) is 0 Å². The maximum Gasteiger partial charge on any atom is 0.318 e. The van der Waals surface area contributed by atoms with Crippen molar-refractivity contribution in [2.45, 2.75) is 19.2 Å². The van der Waals surface area contributed by atoms with Crippen LogP contribution in [0.3, 0.4) is 0 Å². The lowest BCUT2D eigenvalue weighted by Crippen LogP contribution is -2.41. The summed E-state index contributed by atoms with van der Waals surface area (Å²) in [6.07, 6.45) is 2.16. The van der Waals surface area contributed by atoms with E-state index in [0.29, 0.717) is 18.1 Å². The van der Waals surface area contributed by atoms with Crippen LogP contribution in [-0.4, -0.2) is 22.6 Å². The number of nitrogens with zero attached hydrogens (tertiary/aromatic N) is 1. The Bertz CT molecular complexity index is 754. The van der Waals surface area contributed by atoms with Crippen LogP contribution in [0.2, 0.25) is 0 Å². The monoisotopic (exact) mass is 340 g/mol. The number of urea groups is 1. The number of carbonyl (C=O) groups is 1. The minimum absolute atomic E-state index is 0.117. The minimum atomic E-state index is -0.895. The summed E-state index contributed by atoms with van der Waals surface area (Å²) >= 11 is 0. The molecular weight excluding hydrogens is 320 g/mol. The van der Waals surface area contributed by atoms with Crippen molar-refractivity contribution in [1.82, 2.24) is 10.2 Å². The quantitative estimate of drug-likeness (QED) is 0.691. The number of hydrogen-bond donors (Lipinski definition) is 2. The molecule has 3 aromatic rings. The normalized spacial score (nSPS) is 11.9. The number of aliphatic hydroxyl groups is 1. The number of benzene rings is 1. The van der Waals surface area contributed by atoms with Gasteiger partial charge in [0, 0.05) is 6.54 Å². The van der Waals surface area contributed by atoms with Crippen molar-refractivity contribution in [1.29, 1.82) is 0 Å². The Morgan fingerprint density at radius 1 is 1.04 bits per heavy atom. The van der Waals surface area contributed by atoms with Crippen LogP contribution in [-0.2, 0) is 13.1 Å². The molecule has 0 aliphatic rings. The van der Waals surface area contributed by atoms with E-state index in [2.05, 4.69) is 5.32 Å². The summed E-state index contributed by atoms with van der Waals surface area (Å²) in [6.45, 7) is 0.781. The standard InChI is InChI=1S/C19H20N2O4/c22-17(18-9-5-11-25-18)14-21(13-15-6-2-1-3-7-15)19(23)20-12-16-8-4-10-24-16/h1-11,17,22H,12-14H2,(H,20,23). The summed E-state index contributed by atoms with van der Waals surface area (Å²) in [7, 11) is 0. The zero-order valence-corrected chi connectivity index (χ0v) is 13.7. The smallest absolute Gasteiger partial charge is 0.318 e. The number of amides is 2. The predicted molar refractivity (Wildman–Crippen MR) is 91.5 cm³/mol. The van der Waals surface area contributed by atoms with E-state index in [9.17, 15) is 9.90 Å².